The van der Waals surface area contributed by atoms with E-state index in [-0.39, 0.29) is 0 Å². The molecule has 4 aromatic heterocycles. The fraction of sp³-hybridized carbons (Fsp3) is 0.0952. The van der Waals surface area contributed by atoms with Crippen LogP contribution < -0.4 is 0 Å². The first-order valence-corrected chi connectivity index (χ1v) is 10.5. The zero-order chi connectivity index (χ0) is 19.1. The van der Waals surface area contributed by atoms with Gasteiger partial charge in [-0.05, 0) is 30.7 Å². The summed E-state index contributed by atoms with van der Waals surface area (Å²) in [7, 11) is 0. The highest BCUT2D eigenvalue weighted by Crippen LogP contribution is 2.35. The maximum atomic E-state index is 11.0. The molecule has 1 aromatic carbocycles. The van der Waals surface area contributed by atoms with Gasteiger partial charge in [0.05, 0.1) is 5.69 Å². The third-order valence-electron chi connectivity index (χ3n) is 4.75. The predicted molar refractivity (Wildman–Crippen MR) is 113 cm³/mol. The van der Waals surface area contributed by atoms with E-state index < -0.39 is 5.60 Å². The summed E-state index contributed by atoms with van der Waals surface area (Å²) in [6.07, 6.45) is 5.43. The van der Waals surface area contributed by atoms with Crippen molar-refractivity contribution in [2.24, 2.45) is 0 Å². The van der Waals surface area contributed by atoms with Crippen molar-refractivity contribution in [3.05, 3.63) is 76.3 Å². The molecule has 2 N–H and O–H groups in total. The molecule has 0 saturated heterocycles. The summed E-state index contributed by atoms with van der Waals surface area (Å²) in [6, 6.07) is 11.8. The Labute approximate surface area is 169 Å². The molecule has 0 unspecified atom stereocenters. The van der Waals surface area contributed by atoms with Gasteiger partial charge in [0.1, 0.15) is 21.3 Å². The molecule has 28 heavy (non-hydrogen) atoms. The monoisotopic (exact) mass is 404 g/mol. The van der Waals surface area contributed by atoms with Crippen LogP contribution in [0.4, 0.5) is 0 Å². The van der Waals surface area contributed by atoms with Gasteiger partial charge in [-0.15, -0.1) is 22.7 Å². The molecular formula is C21H16N4OS2. The van der Waals surface area contributed by atoms with E-state index in [0.29, 0.717) is 5.01 Å². The lowest BCUT2D eigenvalue weighted by atomic mass is 9.94. The standard InChI is InChI=1S/C21H16N4OS2/c1-21(26,20-23-8-9-27-20)14-5-2-4-13(10-14)17-12-28-19(25-17)16-11-24-18-15(16)6-3-7-22-18/h2-12,26H,1H3,(H,22,24)/t21-/m0/s1. The summed E-state index contributed by atoms with van der Waals surface area (Å²) in [5.41, 5.74) is 3.42. The van der Waals surface area contributed by atoms with E-state index >= 15 is 0 Å². The van der Waals surface area contributed by atoms with Gasteiger partial charge >= 0.3 is 0 Å². The fourth-order valence-corrected chi connectivity index (χ4v) is 4.81. The highest BCUT2D eigenvalue weighted by atomic mass is 32.1. The molecule has 138 valence electrons. The number of rotatable bonds is 4. The summed E-state index contributed by atoms with van der Waals surface area (Å²) in [4.78, 5) is 16.7. The zero-order valence-electron chi connectivity index (χ0n) is 15.0. The van der Waals surface area contributed by atoms with E-state index in [1.165, 1.54) is 11.3 Å². The van der Waals surface area contributed by atoms with Gasteiger partial charge in [-0.2, -0.15) is 0 Å². The third-order valence-corrected chi connectivity index (χ3v) is 6.61. The van der Waals surface area contributed by atoms with Gasteiger partial charge in [0.15, 0.2) is 0 Å². The number of aromatic nitrogens is 4. The average Bonchev–Trinajstić information content (AvgIpc) is 3.48. The molecule has 0 saturated carbocycles. The van der Waals surface area contributed by atoms with Gasteiger partial charge in [0.2, 0.25) is 0 Å². The summed E-state index contributed by atoms with van der Waals surface area (Å²) in [5.74, 6) is 0. The van der Waals surface area contributed by atoms with Crippen molar-refractivity contribution < 1.29 is 5.11 Å². The Kier molecular flexibility index (Phi) is 4.08. The Balaban J connectivity index is 1.53. The van der Waals surface area contributed by atoms with Crippen molar-refractivity contribution in [2.75, 3.05) is 0 Å². The number of fused-ring (bicyclic) bond motifs is 1. The van der Waals surface area contributed by atoms with Gasteiger partial charge in [-0.3, -0.25) is 0 Å². The van der Waals surface area contributed by atoms with Crippen LogP contribution in [-0.2, 0) is 5.60 Å². The maximum absolute atomic E-state index is 11.0. The van der Waals surface area contributed by atoms with Gasteiger partial charge in [0, 0.05) is 45.9 Å². The zero-order valence-corrected chi connectivity index (χ0v) is 16.6. The number of H-pyrrole nitrogens is 1. The van der Waals surface area contributed by atoms with Crippen molar-refractivity contribution in [2.45, 2.75) is 12.5 Å². The molecular weight excluding hydrogens is 388 g/mol. The molecule has 5 aromatic rings. The molecule has 0 amide bonds. The van der Waals surface area contributed by atoms with Gasteiger partial charge < -0.3 is 10.1 Å². The quantitative estimate of drug-likeness (QED) is 0.439. The lowest BCUT2D eigenvalue weighted by molar-refractivity contribution is 0.102. The first-order chi connectivity index (χ1) is 13.6. The second-order valence-electron chi connectivity index (χ2n) is 6.63. The number of benzene rings is 1. The number of pyridine rings is 1. The number of nitrogens with one attached hydrogen (secondary N) is 1. The lowest BCUT2D eigenvalue weighted by Crippen LogP contribution is -2.22. The summed E-state index contributed by atoms with van der Waals surface area (Å²) < 4.78 is 0. The Morgan fingerprint density at radius 3 is 2.86 bits per heavy atom. The molecule has 4 heterocycles. The molecule has 5 nitrogen and oxygen atoms in total. The van der Waals surface area contributed by atoms with Crippen LogP contribution in [0.3, 0.4) is 0 Å². The number of thiazole rings is 2. The largest absolute Gasteiger partial charge is 0.378 e. The molecule has 0 fully saturated rings. The first-order valence-electron chi connectivity index (χ1n) is 8.74. The number of aliphatic hydroxyl groups is 1. The molecule has 7 heteroatoms. The maximum Gasteiger partial charge on any atom is 0.138 e. The van der Waals surface area contributed by atoms with Gasteiger partial charge in [-0.25, -0.2) is 15.0 Å². The molecule has 0 aliphatic heterocycles. The summed E-state index contributed by atoms with van der Waals surface area (Å²) >= 11 is 3.04. The van der Waals surface area contributed by atoms with E-state index in [1.54, 1.807) is 30.7 Å². The normalized spacial score (nSPS) is 13.6. The van der Waals surface area contributed by atoms with Crippen molar-refractivity contribution >= 4 is 33.7 Å². The van der Waals surface area contributed by atoms with Crippen LogP contribution >= 0.6 is 22.7 Å². The van der Waals surface area contributed by atoms with Crippen LogP contribution in [0.15, 0.2) is 65.7 Å². The van der Waals surface area contributed by atoms with Gasteiger partial charge in [0.25, 0.3) is 0 Å². The highest BCUT2D eigenvalue weighted by Gasteiger charge is 2.28. The number of aromatic amines is 1. The minimum Gasteiger partial charge on any atom is -0.378 e. The topological polar surface area (TPSA) is 74.7 Å². The number of hydrogen-bond acceptors (Lipinski definition) is 6. The number of nitrogens with zero attached hydrogens (tertiary/aromatic N) is 3. The second kappa shape index (κ2) is 6.63. The van der Waals surface area contributed by atoms with Crippen molar-refractivity contribution in [3.63, 3.8) is 0 Å². The molecule has 0 spiro atoms. The Hall–Kier alpha value is -2.87. The van der Waals surface area contributed by atoms with Crippen LogP contribution in [-0.4, -0.2) is 25.0 Å². The third kappa shape index (κ3) is 2.84. The predicted octanol–water partition coefficient (Wildman–Crippen LogP) is 5.07. The molecule has 0 aliphatic rings. The van der Waals surface area contributed by atoms with E-state index in [4.69, 9.17) is 4.98 Å². The molecule has 0 aliphatic carbocycles. The molecule has 0 bridgehead atoms. The summed E-state index contributed by atoms with van der Waals surface area (Å²) in [6.45, 7) is 1.77. The summed E-state index contributed by atoms with van der Waals surface area (Å²) in [5, 5.41) is 17.6. The average molecular weight is 405 g/mol. The van der Waals surface area contributed by atoms with Crippen LogP contribution in [0, 0.1) is 0 Å². The van der Waals surface area contributed by atoms with Crippen LogP contribution in [0.2, 0.25) is 0 Å². The van der Waals surface area contributed by atoms with E-state index in [9.17, 15) is 5.11 Å². The van der Waals surface area contributed by atoms with E-state index in [0.717, 1.165) is 38.4 Å². The smallest absolute Gasteiger partial charge is 0.138 e. The Bertz CT molecular complexity index is 1250. The van der Waals surface area contributed by atoms with E-state index in [1.807, 2.05) is 53.4 Å². The van der Waals surface area contributed by atoms with Crippen LogP contribution in [0.25, 0.3) is 32.9 Å². The van der Waals surface area contributed by atoms with Gasteiger partial charge in [-0.1, -0.05) is 18.2 Å². The highest BCUT2D eigenvalue weighted by molar-refractivity contribution is 7.13. The fourth-order valence-electron chi connectivity index (χ4n) is 3.23. The van der Waals surface area contributed by atoms with Crippen molar-refractivity contribution in [1.82, 2.24) is 19.9 Å². The molecule has 1 atom stereocenters. The Morgan fingerprint density at radius 2 is 2.00 bits per heavy atom. The second-order valence-corrected chi connectivity index (χ2v) is 8.38. The molecule has 0 radical (unpaired) electrons. The SMILES string of the molecule is C[C@](O)(c1cccc(-c2csc(-c3c[nH]c4ncccc34)n2)c1)c1nccs1. The number of hydrogen-bond donors (Lipinski definition) is 2. The van der Waals surface area contributed by atoms with Crippen LogP contribution in [0.5, 0.6) is 0 Å². The first kappa shape index (κ1) is 17.2. The minimum absolute atomic E-state index is 0.676. The minimum atomic E-state index is -1.13. The van der Waals surface area contributed by atoms with Crippen molar-refractivity contribution in [3.8, 4) is 21.8 Å². The Morgan fingerprint density at radius 1 is 1.07 bits per heavy atom. The molecule has 5 rings (SSSR count). The van der Waals surface area contributed by atoms with Crippen molar-refractivity contribution in [1.29, 1.82) is 0 Å². The van der Waals surface area contributed by atoms with Crippen LogP contribution in [0.1, 0.15) is 17.5 Å². The van der Waals surface area contributed by atoms with E-state index in [2.05, 4.69) is 15.0 Å². The lowest BCUT2D eigenvalue weighted by Gasteiger charge is -2.21.